The van der Waals surface area contributed by atoms with E-state index in [1.807, 2.05) is 6.07 Å². The molecule has 1 aliphatic heterocycles. The molecule has 0 aliphatic carbocycles. The van der Waals surface area contributed by atoms with Gasteiger partial charge in [-0.2, -0.15) is 0 Å². The largest absolute Gasteiger partial charge is 0.399 e. The summed E-state index contributed by atoms with van der Waals surface area (Å²) >= 11 is 0. The molecule has 1 unspecified atom stereocenters. The first kappa shape index (κ1) is 11.3. The van der Waals surface area contributed by atoms with Crippen molar-refractivity contribution in [1.29, 1.82) is 0 Å². The fourth-order valence-electron chi connectivity index (χ4n) is 2.38. The fourth-order valence-corrected chi connectivity index (χ4v) is 2.38. The van der Waals surface area contributed by atoms with Crippen LogP contribution in [0.25, 0.3) is 0 Å². The lowest BCUT2D eigenvalue weighted by Crippen LogP contribution is -2.24. The molecule has 1 fully saturated rings. The average Bonchev–Trinajstić information content (AvgIpc) is 2.47. The Morgan fingerprint density at radius 1 is 1.25 bits per heavy atom. The van der Waals surface area contributed by atoms with Crippen LogP contribution in [0.3, 0.4) is 0 Å². The van der Waals surface area contributed by atoms with Crippen LogP contribution < -0.4 is 10.6 Å². The molecule has 2 nitrogen and oxygen atoms in total. The molecular weight excluding hydrogens is 196 g/mol. The summed E-state index contributed by atoms with van der Waals surface area (Å²) < 4.78 is 0. The molecule has 2 rings (SSSR count). The van der Waals surface area contributed by atoms with E-state index in [2.05, 4.69) is 30.9 Å². The highest BCUT2D eigenvalue weighted by molar-refractivity contribution is 5.58. The van der Waals surface area contributed by atoms with Gasteiger partial charge in [0.15, 0.2) is 0 Å². The third-order valence-electron chi connectivity index (χ3n) is 3.64. The van der Waals surface area contributed by atoms with Crippen LogP contribution in [-0.4, -0.2) is 13.1 Å². The molecule has 0 amide bonds. The van der Waals surface area contributed by atoms with Gasteiger partial charge in [0.2, 0.25) is 0 Å². The smallest absolute Gasteiger partial charge is 0.0370 e. The Balaban J connectivity index is 2.13. The third kappa shape index (κ3) is 2.49. The van der Waals surface area contributed by atoms with E-state index in [-0.39, 0.29) is 0 Å². The molecule has 88 valence electrons. The van der Waals surface area contributed by atoms with Gasteiger partial charge >= 0.3 is 0 Å². The van der Waals surface area contributed by atoms with Crippen LogP contribution >= 0.6 is 0 Å². The molecule has 0 saturated carbocycles. The number of anilines is 2. The zero-order chi connectivity index (χ0) is 11.5. The molecule has 1 saturated heterocycles. The summed E-state index contributed by atoms with van der Waals surface area (Å²) in [7, 11) is 0. The first-order valence-electron chi connectivity index (χ1n) is 6.28. The number of hydrogen-bond donors (Lipinski definition) is 1. The van der Waals surface area contributed by atoms with Gasteiger partial charge < -0.3 is 10.6 Å². The third-order valence-corrected chi connectivity index (χ3v) is 3.64. The fraction of sp³-hybridized carbons (Fsp3) is 0.571. The molecule has 0 bridgehead atoms. The summed E-state index contributed by atoms with van der Waals surface area (Å²) in [6.45, 7) is 6.81. The lowest BCUT2D eigenvalue weighted by atomic mass is 10.0. The van der Waals surface area contributed by atoms with Crippen molar-refractivity contribution in [3.8, 4) is 0 Å². The van der Waals surface area contributed by atoms with E-state index >= 15 is 0 Å². The Labute approximate surface area is 98.4 Å². The van der Waals surface area contributed by atoms with Crippen molar-refractivity contribution in [3.05, 3.63) is 23.8 Å². The number of nitrogen functional groups attached to an aromatic ring is 1. The summed E-state index contributed by atoms with van der Waals surface area (Å²) in [5, 5.41) is 0. The molecule has 1 aliphatic rings. The molecule has 0 spiro atoms. The zero-order valence-electron chi connectivity index (χ0n) is 10.4. The molecule has 0 aromatic heterocycles. The van der Waals surface area contributed by atoms with Gasteiger partial charge in [0, 0.05) is 24.5 Å². The van der Waals surface area contributed by atoms with Crippen molar-refractivity contribution in [3.63, 3.8) is 0 Å². The molecular formula is C14H22N2. The van der Waals surface area contributed by atoms with E-state index in [0.717, 1.165) is 11.6 Å². The molecule has 16 heavy (non-hydrogen) atoms. The highest BCUT2D eigenvalue weighted by Gasteiger charge is 2.14. The van der Waals surface area contributed by atoms with E-state index < -0.39 is 0 Å². The van der Waals surface area contributed by atoms with Gasteiger partial charge in [0.25, 0.3) is 0 Å². The Hall–Kier alpha value is -1.18. The van der Waals surface area contributed by atoms with Crippen molar-refractivity contribution in [1.82, 2.24) is 0 Å². The molecule has 1 aromatic carbocycles. The van der Waals surface area contributed by atoms with Crippen molar-refractivity contribution < 1.29 is 0 Å². The Kier molecular flexibility index (Phi) is 3.37. The molecule has 2 N–H and O–H groups in total. The van der Waals surface area contributed by atoms with Gasteiger partial charge in [-0.1, -0.05) is 6.92 Å². The number of benzene rings is 1. The molecule has 1 atom stereocenters. The molecule has 1 aromatic rings. The summed E-state index contributed by atoms with van der Waals surface area (Å²) in [6, 6.07) is 6.39. The van der Waals surface area contributed by atoms with Crippen LogP contribution in [0.1, 0.15) is 31.7 Å². The Morgan fingerprint density at radius 3 is 2.81 bits per heavy atom. The maximum Gasteiger partial charge on any atom is 0.0370 e. The highest BCUT2D eigenvalue weighted by Crippen LogP contribution is 2.25. The maximum absolute atomic E-state index is 5.85. The van der Waals surface area contributed by atoms with E-state index in [4.69, 9.17) is 5.73 Å². The zero-order valence-corrected chi connectivity index (χ0v) is 10.4. The van der Waals surface area contributed by atoms with Crippen LogP contribution in [0.5, 0.6) is 0 Å². The van der Waals surface area contributed by atoms with Crippen molar-refractivity contribution >= 4 is 11.4 Å². The standard InChI is InChI=1S/C14H22N2/c1-11-4-3-8-16(9-7-11)13-5-6-14(15)12(2)10-13/h5-6,10-11H,3-4,7-9,15H2,1-2H3. The topological polar surface area (TPSA) is 29.3 Å². The van der Waals surface area contributed by atoms with Gasteiger partial charge in [-0.15, -0.1) is 0 Å². The monoisotopic (exact) mass is 218 g/mol. The van der Waals surface area contributed by atoms with Crippen LogP contribution in [-0.2, 0) is 0 Å². The number of nitrogens with zero attached hydrogens (tertiary/aromatic N) is 1. The minimum Gasteiger partial charge on any atom is -0.399 e. The molecule has 0 radical (unpaired) electrons. The first-order valence-corrected chi connectivity index (χ1v) is 6.28. The van der Waals surface area contributed by atoms with E-state index in [1.165, 1.54) is 43.6 Å². The lowest BCUT2D eigenvalue weighted by molar-refractivity contribution is 0.521. The first-order chi connectivity index (χ1) is 7.66. The highest BCUT2D eigenvalue weighted by atomic mass is 15.1. The summed E-state index contributed by atoms with van der Waals surface area (Å²) in [6.07, 6.45) is 3.98. The Bertz CT molecular complexity index is 360. The quantitative estimate of drug-likeness (QED) is 0.733. The van der Waals surface area contributed by atoms with Gasteiger partial charge in [0.1, 0.15) is 0 Å². The summed E-state index contributed by atoms with van der Waals surface area (Å²) in [5.41, 5.74) is 9.27. The van der Waals surface area contributed by atoms with Crippen molar-refractivity contribution in [2.24, 2.45) is 5.92 Å². The lowest BCUT2D eigenvalue weighted by Gasteiger charge is -2.23. The van der Waals surface area contributed by atoms with Crippen LogP contribution in [0.15, 0.2) is 18.2 Å². The molecule has 1 heterocycles. The number of rotatable bonds is 1. The number of aryl methyl sites for hydroxylation is 1. The normalized spacial score (nSPS) is 21.9. The van der Waals surface area contributed by atoms with Gasteiger partial charge in [-0.05, 0) is 55.9 Å². The number of hydrogen-bond acceptors (Lipinski definition) is 2. The van der Waals surface area contributed by atoms with E-state index in [9.17, 15) is 0 Å². The SMILES string of the molecule is Cc1cc(N2CCCC(C)CC2)ccc1N. The average molecular weight is 218 g/mol. The second-order valence-corrected chi connectivity index (χ2v) is 5.06. The predicted octanol–water partition coefficient (Wildman–Crippen LogP) is 3.20. The van der Waals surface area contributed by atoms with E-state index in [0.29, 0.717) is 0 Å². The summed E-state index contributed by atoms with van der Waals surface area (Å²) in [4.78, 5) is 2.50. The van der Waals surface area contributed by atoms with Crippen molar-refractivity contribution in [2.45, 2.75) is 33.1 Å². The van der Waals surface area contributed by atoms with Gasteiger partial charge in [-0.3, -0.25) is 0 Å². The second-order valence-electron chi connectivity index (χ2n) is 5.06. The van der Waals surface area contributed by atoms with Gasteiger partial charge in [-0.25, -0.2) is 0 Å². The minimum absolute atomic E-state index is 0.875. The van der Waals surface area contributed by atoms with Crippen molar-refractivity contribution in [2.75, 3.05) is 23.7 Å². The maximum atomic E-state index is 5.85. The van der Waals surface area contributed by atoms with Gasteiger partial charge in [0.05, 0.1) is 0 Å². The van der Waals surface area contributed by atoms with Crippen LogP contribution in [0.4, 0.5) is 11.4 Å². The number of nitrogens with two attached hydrogens (primary N) is 1. The van der Waals surface area contributed by atoms with Crippen LogP contribution in [0, 0.1) is 12.8 Å². The second kappa shape index (κ2) is 4.77. The summed E-state index contributed by atoms with van der Waals surface area (Å²) in [5.74, 6) is 0.875. The van der Waals surface area contributed by atoms with E-state index in [1.54, 1.807) is 0 Å². The molecule has 2 heteroatoms. The minimum atomic E-state index is 0.875. The van der Waals surface area contributed by atoms with Crippen LogP contribution in [0.2, 0.25) is 0 Å². The predicted molar refractivity (Wildman–Crippen MR) is 70.8 cm³/mol. The Morgan fingerprint density at radius 2 is 2.06 bits per heavy atom.